The molecule has 1 aromatic heterocycles. The summed E-state index contributed by atoms with van der Waals surface area (Å²) in [4.78, 5) is 14.0. The van der Waals surface area contributed by atoms with Gasteiger partial charge in [-0.25, -0.2) is 0 Å². The van der Waals surface area contributed by atoms with E-state index in [1.165, 1.54) is 0 Å². The molecule has 0 aliphatic heterocycles. The quantitative estimate of drug-likeness (QED) is 0.355. The van der Waals surface area contributed by atoms with Crippen LogP contribution in [-0.4, -0.2) is 38.5 Å². The Kier molecular flexibility index (Phi) is 4.33. The molecule has 0 fully saturated rings. The van der Waals surface area contributed by atoms with Crippen LogP contribution in [0, 0.1) is 10.1 Å². The Morgan fingerprint density at radius 3 is 2.86 bits per heavy atom. The first-order valence-electron chi connectivity index (χ1n) is 6.14. The summed E-state index contributed by atoms with van der Waals surface area (Å²) < 4.78 is 10.1. The minimum Gasteiger partial charge on any atom is -0.504 e. The SMILES string of the molecule is CCOCCc1nc(-c2cc(O)c(O)c([N+](=O)[O-])c2)no1. The van der Waals surface area contributed by atoms with Gasteiger partial charge in [-0.2, -0.15) is 4.98 Å². The van der Waals surface area contributed by atoms with E-state index in [0.29, 0.717) is 25.5 Å². The number of ether oxygens (including phenoxy) is 1. The molecule has 0 unspecified atom stereocenters. The van der Waals surface area contributed by atoms with E-state index in [1.54, 1.807) is 0 Å². The molecule has 0 bridgehead atoms. The van der Waals surface area contributed by atoms with Crippen LogP contribution in [0.2, 0.25) is 0 Å². The van der Waals surface area contributed by atoms with Crippen molar-refractivity contribution < 1.29 is 24.4 Å². The molecule has 21 heavy (non-hydrogen) atoms. The van der Waals surface area contributed by atoms with E-state index < -0.39 is 22.1 Å². The van der Waals surface area contributed by atoms with E-state index in [0.717, 1.165) is 12.1 Å². The molecule has 9 nitrogen and oxygen atoms in total. The van der Waals surface area contributed by atoms with Crippen molar-refractivity contribution in [1.82, 2.24) is 10.1 Å². The fourth-order valence-electron chi connectivity index (χ4n) is 1.65. The Balaban J connectivity index is 2.28. The summed E-state index contributed by atoms with van der Waals surface area (Å²) in [7, 11) is 0. The summed E-state index contributed by atoms with van der Waals surface area (Å²) in [5.74, 6) is -1.03. The number of phenols is 2. The molecule has 2 aromatic rings. The van der Waals surface area contributed by atoms with Crippen LogP contribution in [0.15, 0.2) is 16.7 Å². The zero-order valence-electron chi connectivity index (χ0n) is 11.1. The van der Waals surface area contributed by atoms with Crippen molar-refractivity contribution in [2.24, 2.45) is 0 Å². The number of nitro benzene ring substituents is 1. The van der Waals surface area contributed by atoms with Crippen molar-refractivity contribution in [2.75, 3.05) is 13.2 Å². The average Bonchev–Trinajstić information content (AvgIpc) is 2.90. The Hall–Kier alpha value is -2.68. The van der Waals surface area contributed by atoms with Crippen LogP contribution in [-0.2, 0) is 11.2 Å². The van der Waals surface area contributed by atoms with E-state index >= 15 is 0 Å². The zero-order chi connectivity index (χ0) is 15.4. The lowest BCUT2D eigenvalue weighted by atomic mass is 10.1. The van der Waals surface area contributed by atoms with Gasteiger partial charge in [0.25, 0.3) is 0 Å². The molecular formula is C12H13N3O6. The Morgan fingerprint density at radius 2 is 2.19 bits per heavy atom. The van der Waals surface area contributed by atoms with E-state index in [1.807, 2.05) is 6.92 Å². The number of aromatic hydroxyl groups is 2. The predicted octanol–water partition coefficient (Wildman–Crippen LogP) is 1.63. The largest absolute Gasteiger partial charge is 0.504 e. The maximum Gasteiger partial charge on any atom is 0.315 e. The van der Waals surface area contributed by atoms with Crippen molar-refractivity contribution in [3.05, 3.63) is 28.1 Å². The Labute approximate surface area is 118 Å². The third-order valence-electron chi connectivity index (χ3n) is 2.66. The van der Waals surface area contributed by atoms with Gasteiger partial charge in [-0.05, 0) is 13.0 Å². The van der Waals surface area contributed by atoms with Crippen LogP contribution in [0.3, 0.4) is 0 Å². The summed E-state index contributed by atoms with van der Waals surface area (Å²) in [5, 5.41) is 33.4. The molecule has 0 aliphatic carbocycles. The minimum atomic E-state index is -0.811. The number of nitro groups is 1. The van der Waals surface area contributed by atoms with Gasteiger partial charge >= 0.3 is 5.69 Å². The second kappa shape index (κ2) is 6.18. The molecule has 0 saturated carbocycles. The van der Waals surface area contributed by atoms with Crippen LogP contribution in [0.4, 0.5) is 5.69 Å². The van der Waals surface area contributed by atoms with Crippen molar-refractivity contribution >= 4 is 5.69 Å². The van der Waals surface area contributed by atoms with E-state index in [-0.39, 0.29) is 11.4 Å². The van der Waals surface area contributed by atoms with Gasteiger partial charge in [-0.3, -0.25) is 10.1 Å². The maximum atomic E-state index is 10.8. The number of rotatable bonds is 6. The first kappa shape index (κ1) is 14.7. The third-order valence-corrected chi connectivity index (χ3v) is 2.66. The lowest BCUT2D eigenvalue weighted by Crippen LogP contribution is -1.97. The van der Waals surface area contributed by atoms with Gasteiger partial charge in [0, 0.05) is 18.2 Å². The smallest absolute Gasteiger partial charge is 0.315 e. The van der Waals surface area contributed by atoms with Crippen LogP contribution < -0.4 is 0 Å². The predicted molar refractivity (Wildman–Crippen MR) is 69.9 cm³/mol. The molecule has 2 N–H and O–H groups in total. The standard InChI is InChI=1S/C12H13N3O6/c1-2-20-4-3-10-13-12(14-21-10)7-5-8(15(18)19)11(17)9(16)6-7/h5-6,16-17H,2-4H2,1H3. The Bertz CT molecular complexity index is 654. The molecular weight excluding hydrogens is 282 g/mol. The molecule has 9 heteroatoms. The van der Waals surface area contributed by atoms with Crippen LogP contribution >= 0.6 is 0 Å². The molecule has 0 amide bonds. The van der Waals surface area contributed by atoms with Gasteiger partial charge in [-0.15, -0.1) is 0 Å². The van der Waals surface area contributed by atoms with Gasteiger partial charge in [0.2, 0.25) is 17.5 Å². The minimum absolute atomic E-state index is 0.0832. The van der Waals surface area contributed by atoms with Crippen LogP contribution in [0.25, 0.3) is 11.4 Å². The van der Waals surface area contributed by atoms with Gasteiger partial charge in [0.1, 0.15) is 0 Å². The van der Waals surface area contributed by atoms with Crippen LogP contribution in [0.1, 0.15) is 12.8 Å². The summed E-state index contributed by atoms with van der Waals surface area (Å²) in [6.07, 6.45) is 0.410. The maximum absolute atomic E-state index is 10.8. The highest BCUT2D eigenvalue weighted by Crippen LogP contribution is 2.38. The van der Waals surface area contributed by atoms with Crippen molar-refractivity contribution in [3.63, 3.8) is 0 Å². The number of aromatic nitrogens is 2. The molecule has 0 aliphatic rings. The number of nitrogens with zero attached hydrogens (tertiary/aromatic N) is 3. The van der Waals surface area contributed by atoms with E-state index in [9.17, 15) is 20.3 Å². The van der Waals surface area contributed by atoms with Crippen molar-refractivity contribution in [2.45, 2.75) is 13.3 Å². The number of hydrogen-bond acceptors (Lipinski definition) is 8. The van der Waals surface area contributed by atoms with Gasteiger partial charge in [0.05, 0.1) is 18.0 Å². The summed E-state index contributed by atoms with van der Waals surface area (Å²) >= 11 is 0. The lowest BCUT2D eigenvalue weighted by molar-refractivity contribution is -0.385. The molecule has 1 heterocycles. The number of hydrogen-bond donors (Lipinski definition) is 2. The average molecular weight is 295 g/mol. The van der Waals surface area contributed by atoms with Crippen LogP contribution in [0.5, 0.6) is 11.5 Å². The topological polar surface area (TPSA) is 132 Å². The van der Waals surface area contributed by atoms with Gasteiger partial charge in [0.15, 0.2) is 5.75 Å². The molecule has 2 rings (SSSR count). The van der Waals surface area contributed by atoms with Crippen molar-refractivity contribution in [1.29, 1.82) is 0 Å². The summed E-state index contributed by atoms with van der Waals surface area (Å²) in [6, 6.07) is 2.19. The second-order valence-corrected chi connectivity index (χ2v) is 4.08. The van der Waals surface area contributed by atoms with E-state index in [2.05, 4.69) is 10.1 Å². The molecule has 1 aromatic carbocycles. The molecule has 0 saturated heterocycles. The highest BCUT2D eigenvalue weighted by Gasteiger charge is 2.21. The lowest BCUT2D eigenvalue weighted by Gasteiger charge is -2.01. The molecule has 0 atom stereocenters. The van der Waals surface area contributed by atoms with Gasteiger partial charge in [-0.1, -0.05) is 5.16 Å². The highest BCUT2D eigenvalue weighted by atomic mass is 16.6. The highest BCUT2D eigenvalue weighted by molar-refractivity contribution is 5.68. The summed E-state index contributed by atoms with van der Waals surface area (Å²) in [6.45, 7) is 2.84. The number of benzene rings is 1. The first-order chi connectivity index (χ1) is 10.0. The monoisotopic (exact) mass is 295 g/mol. The molecule has 0 radical (unpaired) electrons. The fraction of sp³-hybridized carbons (Fsp3) is 0.333. The Morgan fingerprint density at radius 1 is 1.43 bits per heavy atom. The normalized spacial score (nSPS) is 10.7. The van der Waals surface area contributed by atoms with Crippen molar-refractivity contribution in [3.8, 4) is 22.9 Å². The second-order valence-electron chi connectivity index (χ2n) is 4.08. The fourth-order valence-corrected chi connectivity index (χ4v) is 1.65. The van der Waals surface area contributed by atoms with Gasteiger partial charge < -0.3 is 19.5 Å². The summed E-state index contributed by atoms with van der Waals surface area (Å²) in [5.41, 5.74) is -0.464. The zero-order valence-corrected chi connectivity index (χ0v) is 11.1. The first-order valence-corrected chi connectivity index (χ1v) is 6.14. The van der Waals surface area contributed by atoms with E-state index in [4.69, 9.17) is 9.26 Å². The molecule has 112 valence electrons. The number of phenolic OH excluding ortho intramolecular Hbond substituents is 2. The third kappa shape index (κ3) is 3.26. The molecule has 0 spiro atoms.